The van der Waals surface area contributed by atoms with Gasteiger partial charge in [0.05, 0.1) is 24.7 Å². The number of nitrogens with one attached hydrogen (secondary N) is 2. The molecular formula is C11H17N3O2. The van der Waals surface area contributed by atoms with E-state index in [1.807, 2.05) is 0 Å². The van der Waals surface area contributed by atoms with Crippen LogP contribution in [-0.4, -0.2) is 33.1 Å². The molecule has 3 N–H and O–H groups in total. The summed E-state index contributed by atoms with van der Waals surface area (Å²) in [6, 6.07) is 0. The second kappa shape index (κ2) is 4.65. The van der Waals surface area contributed by atoms with Crippen LogP contribution in [0.2, 0.25) is 0 Å². The summed E-state index contributed by atoms with van der Waals surface area (Å²) in [5, 5.41) is 12.4. The maximum atomic E-state index is 11.8. The first kappa shape index (κ1) is 11.1. The van der Waals surface area contributed by atoms with Crippen LogP contribution in [0.4, 0.5) is 0 Å². The van der Waals surface area contributed by atoms with E-state index in [0.29, 0.717) is 5.69 Å². The third kappa shape index (κ3) is 2.24. The zero-order valence-electron chi connectivity index (χ0n) is 9.20. The zero-order valence-corrected chi connectivity index (χ0v) is 9.20. The molecule has 1 aromatic rings. The van der Waals surface area contributed by atoms with Crippen LogP contribution in [0.3, 0.4) is 0 Å². The maximum absolute atomic E-state index is 11.8. The largest absolute Gasteiger partial charge is 0.394 e. The number of hydrogen-bond acceptors (Lipinski definition) is 3. The quantitative estimate of drug-likeness (QED) is 0.710. The summed E-state index contributed by atoms with van der Waals surface area (Å²) >= 11 is 0. The van der Waals surface area contributed by atoms with Crippen molar-refractivity contribution in [3.05, 3.63) is 18.2 Å². The van der Waals surface area contributed by atoms with E-state index in [2.05, 4.69) is 15.3 Å². The number of aliphatic hydroxyl groups is 1. The minimum Gasteiger partial charge on any atom is -0.394 e. The Hall–Kier alpha value is -1.36. The minimum absolute atomic E-state index is 0.00682. The molecule has 0 aliphatic heterocycles. The monoisotopic (exact) mass is 223 g/mol. The normalized spacial score (nSPS) is 19.3. The number of hydrogen-bond donors (Lipinski definition) is 3. The molecule has 0 aromatic carbocycles. The first-order chi connectivity index (χ1) is 7.76. The molecule has 0 saturated heterocycles. The third-order valence-corrected chi connectivity index (χ3v) is 3.23. The molecule has 0 radical (unpaired) electrons. The van der Waals surface area contributed by atoms with E-state index in [1.54, 1.807) is 0 Å². The van der Waals surface area contributed by atoms with Gasteiger partial charge >= 0.3 is 0 Å². The molecule has 1 aromatic heterocycles. The van der Waals surface area contributed by atoms with Crippen LogP contribution < -0.4 is 5.32 Å². The van der Waals surface area contributed by atoms with Gasteiger partial charge in [-0.05, 0) is 12.8 Å². The first-order valence-corrected chi connectivity index (χ1v) is 5.67. The van der Waals surface area contributed by atoms with Gasteiger partial charge in [0.15, 0.2) is 0 Å². The summed E-state index contributed by atoms with van der Waals surface area (Å²) in [6.45, 7) is 0.00682. The number of aromatic nitrogens is 2. The fourth-order valence-corrected chi connectivity index (χ4v) is 2.24. The molecular weight excluding hydrogens is 206 g/mol. The molecule has 5 nitrogen and oxygen atoms in total. The molecule has 0 bridgehead atoms. The van der Waals surface area contributed by atoms with Crippen LogP contribution in [0.25, 0.3) is 0 Å². The van der Waals surface area contributed by atoms with Crippen molar-refractivity contribution in [2.45, 2.75) is 37.6 Å². The zero-order chi connectivity index (χ0) is 11.4. The van der Waals surface area contributed by atoms with Crippen LogP contribution in [0.15, 0.2) is 12.5 Å². The highest BCUT2D eigenvalue weighted by Gasteiger charge is 2.33. The lowest BCUT2D eigenvalue weighted by molar-refractivity contribution is 0.0754. The van der Waals surface area contributed by atoms with Crippen molar-refractivity contribution in [3.63, 3.8) is 0 Å². The number of carbonyl (C=O) groups is 1. The number of aliphatic hydroxyl groups excluding tert-OH is 1. The Bertz CT molecular complexity index is 342. The van der Waals surface area contributed by atoms with Crippen molar-refractivity contribution in [3.8, 4) is 0 Å². The number of aromatic amines is 1. The van der Waals surface area contributed by atoms with E-state index in [-0.39, 0.29) is 12.5 Å². The van der Waals surface area contributed by atoms with Gasteiger partial charge in [0.2, 0.25) is 0 Å². The maximum Gasteiger partial charge on any atom is 0.269 e. The van der Waals surface area contributed by atoms with Crippen molar-refractivity contribution in [1.82, 2.24) is 15.3 Å². The summed E-state index contributed by atoms with van der Waals surface area (Å²) in [7, 11) is 0. The SMILES string of the molecule is O=C(NC1(CO)CCCCC1)c1cnc[nH]1. The smallest absolute Gasteiger partial charge is 0.269 e. The summed E-state index contributed by atoms with van der Waals surface area (Å²) in [4.78, 5) is 18.4. The van der Waals surface area contributed by atoms with Crippen molar-refractivity contribution in [2.24, 2.45) is 0 Å². The van der Waals surface area contributed by atoms with Crippen LogP contribution in [-0.2, 0) is 0 Å². The predicted octanol–water partition coefficient (Wildman–Crippen LogP) is 0.835. The molecule has 1 saturated carbocycles. The Morgan fingerprint density at radius 3 is 2.81 bits per heavy atom. The lowest BCUT2D eigenvalue weighted by Crippen LogP contribution is -2.52. The van der Waals surface area contributed by atoms with Gasteiger partial charge in [0.25, 0.3) is 5.91 Å². The van der Waals surface area contributed by atoms with Gasteiger partial charge in [0, 0.05) is 0 Å². The fraction of sp³-hybridized carbons (Fsp3) is 0.636. The van der Waals surface area contributed by atoms with Crippen LogP contribution in [0.1, 0.15) is 42.6 Å². The van der Waals surface area contributed by atoms with Gasteiger partial charge < -0.3 is 15.4 Å². The number of imidazole rings is 1. The Morgan fingerprint density at radius 2 is 2.25 bits per heavy atom. The molecule has 88 valence electrons. The second-order valence-electron chi connectivity index (χ2n) is 4.42. The van der Waals surface area contributed by atoms with E-state index in [9.17, 15) is 9.90 Å². The molecule has 1 amide bonds. The summed E-state index contributed by atoms with van der Waals surface area (Å²) in [5.74, 6) is -0.187. The van der Waals surface area contributed by atoms with E-state index in [4.69, 9.17) is 0 Å². The van der Waals surface area contributed by atoms with E-state index >= 15 is 0 Å². The van der Waals surface area contributed by atoms with Gasteiger partial charge in [-0.2, -0.15) is 0 Å². The van der Waals surface area contributed by atoms with Crippen LogP contribution in [0.5, 0.6) is 0 Å². The van der Waals surface area contributed by atoms with Crippen molar-refractivity contribution >= 4 is 5.91 Å². The third-order valence-electron chi connectivity index (χ3n) is 3.23. The summed E-state index contributed by atoms with van der Waals surface area (Å²) in [5.41, 5.74) is 0.0128. The lowest BCUT2D eigenvalue weighted by atomic mass is 9.82. The predicted molar refractivity (Wildman–Crippen MR) is 59.0 cm³/mol. The molecule has 1 aliphatic rings. The fourth-order valence-electron chi connectivity index (χ4n) is 2.24. The Kier molecular flexibility index (Phi) is 3.24. The number of carbonyl (C=O) groups excluding carboxylic acids is 1. The van der Waals surface area contributed by atoms with Crippen molar-refractivity contribution < 1.29 is 9.90 Å². The molecule has 2 rings (SSSR count). The van der Waals surface area contributed by atoms with E-state index < -0.39 is 5.54 Å². The average molecular weight is 223 g/mol. The molecule has 5 heteroatoms. The van der Waals surface area contributed by atoms with Gasteiger partial charge in [0.1, 0.15) is 5.69 Å². The molecule has 0 atom stereocenters. The minimum atomic E-state index is -0.430. The number of nitrogens with zero attached hydrogens (tertiary/aromatic N) is 1. The highest BCUT2D eigenvalue weighted by molar-refractivity contribution is 5.92. The number of rotatable bonds is 3. The lowest BCUT2D eigenvalue weighted by Gasteiger charge is -2.36. The molecule has 0 spiro atoms. The van der Waals surface area contributed by atoms with Crippen molar-refractivity contribution in [1.29, 1.82) is 0 Å². The molecule has 1 heterocycles. The first-order valence-electron chi connectivity index (χ1n) is 5.67. The Morgan fingerprint density at radius 1 is 1.50 bits per heavy atom. The molecule has 1 fully saturated rings. The van der Waals surface area contributed by atoms with Gasteiger partial charge in [-0.3, -0.25) is 4.79 Å². The highest BCUT2D eigenvalue weighted by atomic mass is 16.3. The average Bonchev–Trinajstić information content (AvgIpc) is 2.84. The van der Waals surface area contributed by atoms with Crippen LogP contribution >= 0.6 is 0 Å². The van der Waals surface area contributed by atoms with E-state index in [0.717, 1.165) is 25.7 Å². The second-order valence-corrected chi connectivity index (χ2v) is 4.42. The number of amides is 1. The van der Waals surface area contributed by atoms with E-state index in [1.165, 1.54) is 18.9 Å². The van der Waals surface area contributed by atoms with Gasteiger partial charge in [-0.1, -0.05) is 19.3 Å². The molecule has 1 aliphatic carbocycles. The molecule has 16 heavy (non-hydrogen) atoms. The highest BCUT2D eigenvalue weighted by Crippen LogP contribution is 2.27. The molecule has 0 unspecified atom stereocenters. The summed E-state index contributed by atoms with van der Waals surface area (Å²) < 4.78 is 0. The Balaban J connectivity index is 2.03. The van der Waals surface area contributed by atoms with Gasteiger partial charge in [-0.15, -0.1) is 0 Å². The van der Waals surface area contributed by atoms with Crippen LogP contribution in [0, 0.1) is 0 Å². The number of H-pyrrole nitrogens is 1. The summed E-state index contributed by atoms with van der Waals surface area (Å²) in [6.07, 6.45) is 7.96. The van der Waals surface area contributed by atoms with Gasteiger partial charge in [-0.25, -0.2) is 4.98 Å². The van der Waals surface area contributed by atoms with Crippen molar-refractivity contribution in [2.75, 3.05) is 6.61 Å². The topological polar surface area (TPSA) is 78.0 Å². The standard InChI is InChI=1S/C11H17N3O2/c15-7-11(4-2-1-3-5-11)14-10(16)9-6-12-8-13-9/h6,8,15H,1-5,7H2,(H,12,13)(H,14,16). The Labute approximate surface area is 94.3 Å².